The zero-order chi connectivity index (χ0) is 18.1. The molecule has 1 aromatic carbocycles. The highest BCUT2D eigenvalue weighted by atomic mass is 35.5. The van der Waals surface area contributed by atoms with Gasteiger partial charge in [0.25, 0.3) is 0 Å². The van der Waals surface area contributed by atoms with Crippen LogP contribution in [0.2, 0.25) is 0 Å². The van der Waals surface area contributed by atoms with Crippen LogP contribution in [-0.2, 0) is 19.6 Å². The van der Waals surface area contributed by atoms with E-state index in [9.17, 15) is 13.2 Å². The van der Waals surface area contributed by atoms with Crippen LogP contribution in [0.5, 0.6) is 0 Å². The Morgan fingerprint density at radius 2 is 1.88 bits per heavy atom. The number of carbonyl (C=O) groups excluding carboxylic acids is 1. The number of rotatable bonds is 9. The first-order valence-corrected chi connectivity index (χ1v) is 10.2. The minimum absolute atomic E-state index is 0. The highest BCUT2D eigenvalue weighted by molar-refractivity contribution is 7.89. The Morgan fingerprint density at radius 1 is 1.23 bits per heavy atom. The number of sulfonamides is 1. The minimum Gasteiger partial charge on any atom is -0.378 e. The summed E-state index contributed by atoms with van der Waals surface area (Å²) in [5.74, 6) is -0.0313. The first-order chi connectivity index (χ1) is 12.0. The van der Waals surface area contributed by atoms with Crippen molar-refractivity contribution in [2.24, 2.45) is 5.73 Å². The van der Waals surface area contributed by atoms with E-state index in [-0.39, 0.29) is 42.3 Å². The second-order valence-corrected chi connectivity index (χ2v) is 7.82. The molecule has 1 aromatic rings. The number of nitrogens with zero attached hydrogens (tertiary/aromatic N) is 1. The molecule has 0 spiro atoms. The molecule has 0 aliphatic carbocycles. The molecule has 26 heavy (non-hydrogen) atoms. The van der Waals surface area contributed by atoms with E-state index in [1.54, 1.807) is 23.1 Å². The summed E-state index contributed by atoms with van der Waals surface area (Å²) in [5, 5.41) is 0. The third-order valence-corrected chi connectivity index (χ3v) is 5.66. The summed E-state index contributed by atoms with van der Waals surface area (Å²) in [6.07, 6.45) is 2.82. The van der Waals surface area contributed by atoms with Crippen molar-refractivity contribution in [3.63, 3.8) is 0 Å². The maximum Gasteiger partial charge on any atom is 0.240 e. The summed E-state index contributed by atoms with van der Waals surface area (Å²) < 4.78 is 32.4. The number of hydrogen-bond acceptors (Lipinski definition) is 5. The first kappa shape index (κ1) is 22.9. The van der Waals surface area contributed by atoms with Crippen molar-refractivity contribution in [2.45, 2.75) is 36.7 Å². The van der Waals surface area contributed by atoms with Gasteiger partial charge in [-0.2, -0.15) is 0 Å². The molecule has 148 valence electrons. The Kier molecular flexibility index (Phi) is 10.1. The maximum absolute atomic E-state index is 12.2. The molecule has 1 amide bonds. The summed E-state index contributed by atoms with van der Waals surface area (Å²) >= 11 is 0. The van der Waals surface area contributed by atoms with Gasteiger partial charge in [-0.25, -0.2) is 13.1 Å². The van der Waals surface area contributed by atoms with Gasteiger partial charge in [-0.1, -0.05) is 18.2 Å². The first-order valence-electron chi connectivity index (χ1n) is 8.67. The summed E-state index contributed by atoms with van der Waals surface area (Å²) in [6.45, 7) is 2.69. The number of ether oxygens (including phenoxy) is 1. The van der Waals surface area contributed by atoms with Crippen molar-refractivity contribution >= 4 is 28.3 Å². The van der Waals surface area contributed by atoms with Crippen LogP contribution < -0.4 is 10.5 Å². The fourth-order valence-corrected chi connectivity index (χ4v) is 3.79. The van der Waals surface area contributed by atoms with Crippen molar-refractivity contribution in [2.75, 3.05) is 32.8 Å². The highest BCUT2D eigenvalue weighted by Crippen LogP contribution is 2.15. The lowest BCUT2D eigenvalue weighted by molar-refractivity contribution is -0.133. The fourth-order valence-electron chi connectivity index (χ4n) is 2.74. The molecule has 7 nitrogen and oxygen atoms in total. The predicted molar refractivity (Wildman–Crippen MR) is 103 cm³/mol. The average Bonchev–Trinajstić information content (AvgIpc) is 2.63. The fraction of sp³-hybridized carbons (Fsp3) is 0.588. The highest BCUT2D eigenvalue weighted by Gasteiger charge is 2.23. The van der Waals surface area contributed by atoms with Crippen molar-refractivity contribution in [1.82, 2.24) is 9.62 Å². The molecule has 0 radical (unpaired) electrons. The Hall–Kier alpha value is -1.19. The number of amides is 1. The molecule has 1 heterocycles. The molecule has 3 N–H and O–H groups in total. The number of carbonyl (C=O) groups is 1. The van der Waals surface area contributed by atoms with Gasteiger partial charge in [0, 0.05) is 32.7 Å². The summed E-state index contributed by atoms with van der Waals surface area (Å²) in [7, 11) is -3.56. The monoisotopic (exact) mass is 405 g/mol. The third kappa shape index (κ3) is 7.20. The molecular weight excluding hydrogens is 378 g/mol. The lowest BCUT2D eigenvalue weighted by Crippen LogP contribution is -2.42. The van der Waals surface area contributed by atoms with Crippen LogP contribution in [0.4, 0.5) is 0 Å². The molecule has 0 bridgehead atoms. The van der Waals surface area contributed by atoms with E-state index in [4.69, 9.17) is 10.5 Å². The number of nitrogens with one attached hydrogen (secondary N) is 1. The molecule has 0 saturated carbocycles. The van der Waals surface area contributed by atoms with Crippen LogP contribution >= 0.6 is 12.4 Å². The summed E-state index contributed by atoms with van der Waals surface area (Å²) in [5.41, 5.74) is 5.44. The number of hydrogen-bond donors (Lipinski definition) is 2. The minimum atomic E-state index is -3.56. The molecule has 1 aliphatic heterocycles. The van der Waals surface area contributed by atoms with Crippen LogP contribution in [-0.4, -0.2) is 58.1 Å². The lowest BCUT2D eigenvalue weighted by Gasteiger charge is -2.32. The topological polar surface area (TPSA) is 102 Å². The van der Waals surface area contributed by atoms with Crippen LogP contribution in [0, 0.1) is 0 Å². The van der Waals surface area contributed by atoms with Crippen LogP contribution in [0.15, 0.2) is 35.2 Å². The van der Waals surface area contributed by atoms with E-state index >= 15 is 0 Å². The smallest absolute Gasteiger partial charge is 0.240 e. The molecule has 1 aliphatic rings. The summed E-state index contributed by atoms with van der Waals surface area (Å²) in [6, 6.07) is 8.14. The third-order valence-electron chi connectivity index (χ3n) is 4.18. The van der Waals surface area contributed by atoms with Gasteiger partial charge in [0.1, 0.15) is 0 Å². The van der Waals surface area contributed by atoms with E-state index in [0.717, 1.165) is 19.3 Å². The molecular formula is C17H28ClN3O4S. The van der Waals surface area contributed by atoms with Gasteiger partial charge in [-0.3, -0.25) is 4.79 Å². The Morgan fingerprint density at radius 3 is 2.50 bits per heavy atom. The van der Waals surface area contributed by atoms with E-state index in [2.05, 4.69) is 4.72 Å². The normalized spacial score (nSPS) is 15.5. The van der Waals surface area contributed by atoms with Crippen molar-refractivity contribution in [3.8, 4) is 0 Å². The van der Waals surface area contributed by atoms with Gasteiger partial charge in [0.2, 0.25) is 15.9 Å². The molecule has 1 saturated heterocycles. The molecule has 0 atom stereocenters. The van der Waals surface area contributed by atoms with Gasteiger partial charge in [-0.15, -0.1) is 12.4 Å². The predicted octanol–water partition coefficient (Wildman–Crippen LogP) is 1.13. The zero-order valence-electron chi connectivity index (χ0n) is 14.8. The Balaban J connectivity index is 0.00000338. The molecule has 1 fully saturated rings. The van der Waals surface area contributed by atoms with Crippen LogP contribution in [0.25, 0.3) is 0 Å². The van der Waals surface area contributed by atoms with Crippen LogP contribution in [0.1, 0.15) is 25.7 Å². The summed E-state index contributed by atoms with van der Waals surface area (Å²) in [4.78, 5) is 14.2. The van der Waals surface area contributed by atoms with Gasteiger partial charge in [0.15, 0.2) is 0 Å². The molecule has 0 unspecified atom stereocenters. The lowest BCUT2D eigenvalue weighted by atomic mass is 10.1. The maximum atomic E-state index is 12.2. The number of halogens is 1. The largest absolute Gasteiger partial charge is 0.378 e. The molecule has 9 heteroatoms. The SMILES string of the molecule is Cl.NCCCOC1CCN(C(=O)CCNS(=O)(=O)c2ccccc2)CC1. The van der Waals surface area contributed by atoms with Crippen molar-refractivity contribution < 1.29 is 17.9 Å². The van der Waals surface area contributed by atoms with Crippen LogP contribution in [0.3, 0.4) is 0 Å². The van der Waals surface area contributed by atoms with Gasteiger partial charge in [-0.05, 0) is 37.9 Å². The molecule has 2 rings (SSSR count). The molecule has 0 aromatic heterocycles. The number of nitrogens with two attached hydrogens (primary N) is 1. The van der Waals surface area contributed by atoms with E-state index < -0.39 is 10.0 Å². The Labute approximate surface area is 161 Å². The van der Waals surface area contributed by atoms with E-state index in [0.29, 0.717) is 26.2 Å². The van der Waals surface area contributed by atoms with E-state index in [1.165, 1.54) is 12.1 Å². The van der Waals surface area contributed by atoms with Crippen molar-refractivity contribution in [1.29, 1.82) is 0 Å². The van der Waals surface area contributed by atoms with Gasteiger partial charge < -0.3 is 15.4 Å². The number of likely N-dealkylation sites (tertiary alicyclic amines) is 1. The number of benzene rings is 1. The average molecular weight is 406 g/mol. The standard InChI is InChI=1S/C17H27N3O4S.ClH/c18-10-4-14-24-15-8-12-20(13-9-15)17(21)7-11-19-25(22,23)16-5-2-1-3-6-16;/h1-3,5-6,15,19H,4,7-14,18H2;1H. The van der Waals surface area contributed by atoms with Gasteiger partial charge >= 0.3 is 0 Å². The number of piperidine rings is 1. The van der Waals surface area contributed by atoms with E-state index in [1.807, 2.05) is 0 Å². The second-order valence-electron chi connectivity index (χ2n) is 6.05. The van der Waals surface area contributed by atoms with Gasteiger partial charge in [0.05, 0.1) is 11.0 Å². The Bertz CT molecular complexity index is 635. The second kappa shape index (κ2) is 11.5. The van der Waals surface area contributed by atoms with Crippen molar-refractivity contribution in [3.05, 3.63) is 30.3 Å². The zero-order valence-corrected chi connectivity index (χ0v) is 16.4. The quantitative estimate of drug-likeness (QED) is 0.600.